The maximum atomic E-state index is 14.2. The van der Waals surface area contributed by atoms with E-state index >= 15 is 0 Å². The Morgan fingerprint density at radius 2 is 2.00 bits per heavy atom. The van der Waals surface area contributed by atoms with Crippen LogP contribution in [0.1, 0.15) is 35.3 Å². The van der Waals surface area contributed by atoms with E-state index in [0.29, 0.717) is 19.5 Å². The molecule has 0 fully saturated rings. The Balaban J connectivity index is 1.61. The SMILES string of the molecule is CCc1ccc(COc2nsc(NC(=O)NCC(C)Cn3ccnc3)c2C(N)=O)c(F)c1F. The molecule has 0 aliphatic rings. The van der Waals surface area contributed by atoms with E-state index in [2.05, 4.69) is 20.0 Å². The number of amides is 3. The number of rotatable bonds is 10. The lowest BCUT2D eigenvalue weighted by Crippen LogP contribution is -2.33. The van der Waals surface area contributed by atoms with Gasteiger partial charge in [-0.2, -0.15) is 4.37 Å². The fraction of sp³-hybridized carbons (Fsp3) is 0.333. The Hall–Kier alpha value is -3.54. The van der Waals surface area contributed by atoms with Crippen molar-refractivity contribution in [1.82, 2.24) is 19.2 Å². The first kappa shape index (κ1) is 24.1. The average molecular weight is 479 g/mol. The minimum absolute atomic E-state index is 0.0350. The lowest BCUT2D eigenvalue weighted by molar-refractivity contribution is 0.0996. The van der Waals surface area contributed by atoms with Crippen molar-refractivity contribution in [2.75, 3.05) is 11.9 Å². The van der Waals surface area contributed by atoms with Gasteiger partial charge in [0.2, 0.25) is 5.88 Å². The predicted octanol–water partition coefficient (Wildman–Crippen LogP) is 3.32. The molecule has 0 aliphatic carbocycles. The van der Waals surface area contributed by atoms with Gasteiger partial charge in [-0.05, 0) is 29.4 Å². The number of nitrogens with zero attached hydrogens (tertiary/aromatic N) is 3. The summed E-state index contributed by atoms with van der Waals surface area (Å²) in [6, 6.07) is 2.33. The Morgan fingerprint density at radius 3 is 2.67 bits per heavy atom. The van der Waals surface area contributed by atoms with E-state index in [1.807, 2.05) is 17.7 Å². The average Bonchev–Trinajstić information content (AvgIpc) is 3.43. The highest BCUT2D eigenvalue weighted by molar-refractivity contribution is 7.11. The molecule has 0 saturated carbocycles. The third-order valence-corrected chi connectivity index (χ3v) is 5.56. The Kier molecular flexibility index (Phi) is 7.93. The molecular formula is C21H24F2N6O3S. The van der Waals surface area contributed by atoms with Gasteiger partial charge >= 0.3 is 6.03 Å². The number of benzene rings is 1. The van der Waals surface area contributed by atoms with Gasteiger partial charge in [0.25, 0.3) is 5.91 Å². The summed E-state index contributed by atoms with van der Waals surface area (Å²) in [7, 11) is 0. The number of nitrogens with two attached hydrogens (primary N) is 1. The molecule has 0 spiro atoms. The van der Waals surface area contributed by atoms with E-state index < -0.39 is 23.6 Å². The zero-order valence-electron chi connectivity index (χ0n) is 18.1. The molecule has 0 saturated heterocycles. The molecule has 1 atom stereocenters. The Morgan fingerprint density at radius 1 is 1.27 bits per heavy atom. The van der Waals surface area contributed by atoms with E-state index in [-0.39, 0.29) is 40.1 Å². The molecule has 3 rings (SSSR count). The number of primary amides is 1. The van der Waals surface area contributed by atoms with E-state index in [4.69, 9.17) is 10.5 Å². The number of anilines is 1. The van der Waals surface area contributed by atoms with Crippen LogP contribution in [0, 0.1) is 17.6 Å². The number of aromatic nitrogens is 3. The van der Waals surface area contributed by atoms with Crippen LogP contribution in [0.15, 0.2) is 30.9 Å². The summed E-state index contributed by atoms with van der Waals surface area (Å²) in [6.45, 7) is 4.35. The molecule has 176 valence electrons. The minimum Gasteiger partial charge on any atom is -0.471 e. The number of hydrogen-bond acceptors (Lipinski definition) is 6. The first-order valence-electron chi connectivity index (χ1n) is 10.2. The van der Waals surface area contributed by atoms with Crippen molar-refractivity contribution in [3.63, 3.8) is 0 Å². The number of halogens is 2. The summed E-state index contributed by atoms with van der Waals surface area (Å²) >= 11 is 0.791. The standard InChI is InChI=1S/C21H24F2N6O3S/c1-3-13-4-5-14(17(23)16(13)22)10-32-19-15(18(24)30)20(33-28-19)27-21(31)26-8-12(2)9-29-7-6-25-11-29/h4-7,11-12H,3,8-10H2,1-2H3,(H2,24,30)(H2,26,27,31). The van der Waals surface area contributed by atoms with Gasteiger partial charge in [0, 0.05) is 31.0 Å². The fourth-order valence-corrected chi connectivity index (χ4v) is 3.81. The number of hydrogen-bond donors (Lipinski definition) is 3. The van der Waals surface area contributed by atoms with Crippen LogP contribution >= 0.6 is 11.5 Å². The van der Waals surface area contributed by atoms with E-state index in [1.165, 1.54) is 12.1 Å². The summed E-state index contributed by atoms with van der Waals surface area (Å²) in [5, 5.41) is 5.33. The largest absolute Gasteiger partial charge is 0.471 e. The molecule has 2 heterocycles. The van der Waals surface area contributed by atoms with Crippen molar-refractivity contribution >= 4 is 28.5 Å². The number of aryl methyl sites for hydroxylation is 1. The van der Waals surface area contributed by atoms with Crippen LogP contribution in [-0.4, -0.2) is 32.4 Å². The highest BCUT2D eigenvalue weighted by Gasteiger charge is 2.23. The Bertz CT molecular complexity index is 1120. The molecule has 12 heteroatoms. The molecule has 3 aromatic rings. The van der Waals surface area contributed by atoms with Gasteiger partial charge in [-0.3, -0.25) is 10.1 Å². The third-order valence-electron chi connectivity index (χ3n) is 4.81. The van der Waals surface area contributed by atoms with Crippen LogP contribution in [0.2, 0.25) is 0 Å². The first-order valence-corrected chi connectivity index (χ1v) is 11.0. The van der Waals surface area contributed by atoms with Crippen LogP contribution in [-0.2, 0) is 19.6 Å². The lowest BCUT2D eigenvalue weighted by atomic mass is 10.1. The van der Waals surface area contributed by atoms with Crippen molar-refractivity contribution in [1.29, 1.82) is 0 Å². The summed E-state index contributed by atoms with van der Waals surface area (Å²) in [6.07, 6.45) is 5.54. The summed E-state index contributed by atoms with van der Waals surface area (Å²) in [4.78, 5) is 28.2. The second kappa shape index (κ2) is 10.9. The second-order valence-corrected chi connectivity index (χ2v) is 8.18. The van der Waals surface area contributed by atoms with E-state index in [9.17, 15) is 18.4 Å². The number of carbonyl (C=O) groups is 2. The summed E-state index contributed by atoms with van der Waals surface area (Å²) in [5.74, 6) is -2.89. The zero-order chi connectivity index (χ0) is 24.0. The van der Waals surface area contributed by atoms with Crippen LogP contribution in [0.4, 0.5) is 18.6 Å². The molecule has 3 amide bonds. The maximum Gasteiger partial charge on any atom is 0.319 e. The molecule has 2 aromatic heterocycles. The molecular weight excluding hydrogens is 454 g/mol. The number of carbonyl (C=O) groups excluding carboxylic acids is 2. The smallest absolute Gasteiger partial charge is 0.319 e. The highest BCUT2D eigenvalue weighted by atomic mass is 32.1. The van der Waals surface area contributed by atoms with Gasteiger partial charge in [0.1, 0.15) is 17.2 Å². The Labute approximate surface area is 193 Å². The van der Waals surface area contributed by atoms with Crippen LogP contribution in [0.25, 0.3) is 0 Å². The minimum atomic E-state index is -1.02. The molecule has 1 aromatic carbocycles. The van der Waals surface area contributed by atoms with E-state index in [1.54, 1.807) is 19.4 Å². The van der Waals surface area contributed by atoms with Crippen molar-refractivity contribution < 1.29 is 23.1 Å². The fourth-order valence-electron chi connectivity index (χ4n) is 3.07. The number of ether oxygens (including phenoxy) is 1. The molecule has 0 radical (unpaired) electrons. The van der Waals surface area contributed by atoms with Crippen molar-refractivity contribution in [3.05, 3.63) is 59.2 Å². The van der Waals surface area contributed by atoms with Gasteiger partial charge in [0.15, 0.2) is 11.6 Å². The molecule has 4 N–H and O–H groups in total. The van der Waals surface area contributed by atoms with Gasteiger partial charge < -0.3 is 20.4 Å². The van der Waals surface area contributed by atoms with Gasteiger partial charge in [-0.25, -0.2) is 18.6 Å². The topological polar surface area (TPSA) is 124 Å². The first-order chi connectivity index (χ1) is 15.8. The van der Waals surface area contributed by atoms with Crippen molar-refractivity contribution in [2.45, 2.75) is 33.4 Å². The molecule has 0 aliphatic heterocycles. The van der Waals surface area contributed by atoms with Crippen molar-refractivity contribution in [3.8, 4) is 5.88 Å². The predicted molar refractivity (Wildman–Crippen MR) is 119 cm³/mol. The number of imidazole rings is 1. The van der Waals surface area contributed by atoms with Crippen LogP contribution < -0.4 is 21.1 Å². The second-order valence-electron chi connectivity index (χ2n) is 7.41. The van der Waals surface area contributed by atoms with E-state index in [0.717, 1.165) is 11.5 Å². The lowest BCUT2D eigenvalue weighted by Gasteiger charge is -2.13. The number of nitrogens with one attached hydrogen (secondary N) is 2. The van der Waals surface area contributed by atoms with Crippen LogP contribution in [0.5, 0.6) is 5.88 Å². The summed E-state index contributed by atoms with van der Waals surface area (Å²) in [5.41, 5.74) is 5.50. The van der Waals surface area contributed by atoms with Crippen LogP contribution in [0.3, 0.4) is 0 Å². The van der Waals surface area contributed by atoms with Gasteiger partial charge in [0.05, 0.1) is 6.33 Å². The van der Waals surface area contributed by atoms with Gasteiger partial charge in [-0.1, -0.05) is 26.0 Å². The zero-order valence-corrected chi connectivity index (χ0v) is 18.9. The molecule has 33 heavy (non-hydrogen) atoms. The molecule has 1 unspecified atom stereocenters. The highest BCUT2D eigenvalue weighted by Crippen LogP contribution is 2.31. The molecule has 9 nitrogen and oxygen atoms in total. The third kappa shape index (κ3) is 6.04. The van der Waals surface area contributed by atoms with Gasteiger partial charge in [-0.15, -0.1) is 0 Å². The summed E-state index contributed by atoms with van der Waals surface area (Å²) < 4.78 is 39.5. The normalized spacial score (nSPS) is 11.8. The molecule has 0 bridgehead atoms. The maximum absolute atomic E-state index is 14.2. The quantitative estimate of drug-likeness (QED) is 0.412. The van der Waals surface area contributed by atoms with Crippen molar-refractivity contribution in [2.24, 2.45) is 11.7 Å². The number of urea groups is 1. The monoisotopic (exact) mass is 478 g/mol.